The Kier molecular flexibility index (Phi) is 2.56. The van der Waals surface area contributed by atoms with Crippen LogP contribution in [-0.4, -0.2) is 15.5 Å². The second kappa shape index (κ2) is 3.86. The van der Waals surface area contributed by atoms with Gasteiger partial charge in [-0.15, -0.1) is 0 Å². The van der Waals surface area contributed by atoms with Crippen molar-refractivity contribution in [2.75, 3.05) is 0 Å². The maximum absolute atomic E-state index is 9.28. The summed E-state index contributed by atoms with van der Waals surface area (Å²) in [6.45, 7) is 3.47. The third kappa shape index (κ3) is 1.81. The molecule has 1 heterocycles. The Balaban J connectivity index is 2.31. The van der Waals surface area contributed by atoms with Crippen LogP contribution in [0.1, 0.15) is 0 Å². The predicted octanol–water partition coefficient (Wildman–Crippen LogP) is 2.42. The van der Waals surface area contributed by atoms with Gasteiger partial charge in [-0.25, -0.2) is 4.98 Å². The van der Waals surface area contributed by atoms with Gasteiger partial charge in [-0.1, -0.05) is 24.8 Å². The van der Waals surface area contributed by atoms with Crippen molar-refractivity contribution in [2.45, 2.75) is 10.7 Å². The Bertz CT molecular complexity index is 419. The van der Waals surface area contributed by atoms with E-state index in [0.29, 0.717) is 5.22 Å². The lowest BCUT2D eigenvalue weighted by Gasteiger charge is -1.97. The number of para-hydroxylation sites is 2. The number of aromatic nitrogens is 1. The third-order valence-corrected chi connectivity index (χ3v) is 2.51. The number of fused-ring (bicyclic) bond motifs is 1. The first-order valence-corrected chi connectivity index (χ1v) is 5.00. The highest BCUT2D eigenvalue weighted by molar-refractivity contribution is 7.99. The predicted molar refractivity (Wildman–Crippen MR) is 56.1 cm³/mol. The Morgan fingerprint density at radius 3 is 3.00 bits per heavy atom. The Hall–Kier alpha value is -1.26. The van der Waals surface area contributed by atoms with E-state index in [-0.39, 0.29) is 0 Å². The molecule has 0 saturated heterocycles. The van der Waals surface area contributed by atoms with E-state index < -0.39 is 5.44 Å². The van der Waals surface area contributed by atoms with Crippen molar-refractivity contribution in [3.8, 4) is 0 Å². The molecule has 1 aromatic heterocycles. The van der Waals surface area contributed by atoms with Crippen LogP contribution in [-0.2, 0) is 0 Å². The van der Waals surface area contributed by atoms with Gasteiger partial charge in [-0.05, 0) is 23.9 Å². The topological polar surface area (TPSA) is 46.3 Å². The van der Waals surface area contributed by atoms with Crippen molar-refractivity contribution in [1.82, 2.24) is 4.98 Å². The molecule has 0 aliphatic heterocycles. The van der Waals surface area contributed by atoms with Crippen molar-refractivity contribution in [3.05, 3.63) is 36.9 Å². The highest BCUT2D eigenvalue weighted by Gasteiger charge is 2.08. The summed E-state index contributed by atoms with van der Waals surface area (Å²) in [7, 11) is 0. The Morgan fingerprint density at radius 2 is 2.29 bits per heavy atom. The summed E-state index contributed by atoms with van der Waals surface area (Å²) in [6, 6.07) is 7.48. The summed E-state index contributed by atoms with van der Waals surface area (Å²) in [6.07, 6.45) is 1.43. The van der Waals surface area contributed by atoms with Gasteiger partial charge in [0.1, 0.15) is 11.0 Å². The fourth-order valence-corrected chi connectivity index (χ4v) is 1.64. The molecule has 4 heteroatoms. The molecule has 1 atom stereocenters. The summed E-state index contributed by atoms with van der Waals surface area (Å²) < 4.78 is 5.38. The second-order valence-electron chi connectivity index (χ2n) is 2.69. The largest absolute Gasteiger partial charge is 0.431 e. The average Bonchev–Trinajstić information content (AvgIpc) is 2.59. The lowest BCUT2D eigenvalue weighted by atomic mass is 10.3. The molecule has 72 valence electrons. The molecule has 0 amide bonds. The molecule has 0 spiro atoms. The van der Waals surface area contributed by atoms with E-state index in [9.17, 15) is 5.11 Å². The number of hydrogen-bond donors (Lipinski definition) is 1. The van der Waals surface area contributed by atoms with Crippen LogP contribution in [0.4, 0.5) is 0 Å². The molecular weight excluding hydrogens is 198 g/mol. The third-order valence-electron chi connectivity index (χ3n) is 1.70. The van der Waals surface area contributed by atoms with E-state index in [1.54, 1.807) is 0 Å². The van der Waals surface area contributed by atoms with Crippen molar-refractivity contribution in [1.29, 1.82) is 0 Å². The van der Waals surface area contributed by atoms with Gasteiger partial charge in [0, 0.05) is 0 Å². The van der Waals surface area contributed by atoms with Crippen molar-refractivity contribution in [2.24, 2.45) is 0 Å². The number of aliphatic hydroxyl groups is 1. The van der Waals surface area contributed by atoms with Gasteiger partial charge in [-0.3, -0.25) is 0 Å². The van der Waals surface area contributed by atoms with Crippen LogP contribution in [0.25, 0.3) is 11.1 Å². The number of nitrogens with zero attached hydrogens (tertiary/aromatic N) is 1. The molecular formula is C10H9NO2S. The number of benzene rings is 1. The van der Waals surface area contributed by atoms with E-state index >= 15 is 0 Å². The maximum Gasteiger partial charge on any atom is 0.259 e. The lowest BCUT2D eigenvalue weighted by molar-refractivity contribution is 0.307. The van der Waals surface area contributed by atoms with Crippen molar-refractivity contribution >= 4 is 22.9 Å². The number of oxazole rings is 1. The molecule has 0 bridgehead atoms. The van der Waals surface area contributed by atoms with Crippen LogP contribution in [0.15, 0.2) is 46.6 Å². The summed E-state index contributed by atoms with van der Waals surface area (Å²) in [5.41, 5.74) is 0.848. The van der Waals surface area contributed by atoms with E-state index in [2.05, 4.69) is 11.6 Å². The molecule has 0 radical (unpaired) electrons. The zero-order valence-electron chi connectivity index (χ0n) is 7.38. The smallest absolute Gasteiger partial charge is 0.259 e. The molecule has 0 fully saturated rings. The molecule has 1 aromatic carbocycles. The molecule has 0 aliphatic carbocycles. The Morgan fingerprint density at radius 1 is 1.50 bits per heavy atom. The number of thioether (sulfide) groups is 1. The first kappa shape index (κ1) is 9.30. The van der Waals surface area contributed by atoms with Crippen LogP contribution < -0.4 is 0 Å². The van der Waals surface area contributed by atoms with Crippen LogP contribution >= 0.6 is 11.8 Å². The summed E-state index contributed by atoms with van der Waals surface area (Å²) in [5.74, 6) is 0. The molecule has 0 aliphatic rings. The van der Waals surface area contributed by atoms with Gasteiger partial charge in [0.05, 0.1) is 0 Å². The quantitative estimate of drug-likeness (QED) is 0.477. The van der Waals surface area contributed by atoms with E-state index in [0.717, 1.165) is 22.9 Å². The molecule has 14 heavy (non-hydrogen) atoms. The molecule has 2 aromatic rings. The highest BCUT2D eigenvalue weighted by Crippen LogP contribution is 2.25. The number of hydrogen-bond acceptors (Lipinski definition) is 4. The van der Waals surface area contributed by atoms with Crippen LogP contribution in [0.5, 0.6) is 0 Å². The van der Waals surface area contributed by atoms with Gasteiger partial charge in [0.25, 0.3) is 5.22 Å². The SMILES string of the molecule is C=CC(O)Sc1nc2ccccc2o1. The fraction of sp³-hybridized carbons (Fsp3) is 0.100. The molecule has 1 N–H and O–H groups in total. The fourth-order valence-electron chi connectivity index (χ4n) is 1.05. The molecule has 1 unspecified atom stereocenters. The minimum absolute atomic E-state index is 0.457. The van der Waals surface area contributed by atoms with Crippen LogP contribution in [0.3, 0.4) is 0 Å². The van der Waals surface area contributed by atoms with Crippen LogP contribution in [0.2, 0.25) is 0 Å². The average molecular weight is 207 g/mol. The highest BCUT2D eigenvalue weighted by atomic mass is 32.2. The van der Waals surface area contributed by atoms with Crippen LogP contribution in [0, 0.1) is 0 Å². The molecule has 3 nitrogen and oxygen atoms in total. The van der Waals surface area contributed by atoms with Gasteiger partial charge in [0.2, 0.25) is 0 Å². The van der Waals surface area contributed by atoms with Gasteiger partial charge >= 0.3 is 0 Å². The van der Waals surface area contributed by atoms with E-state index in [1.807, 2.05) is 24.3 Å². The first-order valence-electron chi connectivity index (χ1n) is 4.12. The summed E-state index contributed by atoms with van der Waals surface area (Å²) in [5, 5.41) is 9.74. The zero-order valence-corrected chi connectivity index (χ0v) is 8.20. The van der Waals surface area contributed by atoms with Gasteiger partial charge < -0.3 is 9.52 Å². The van der Waals surface area contributed by atoms with E-state index in [1.165, 1.54) is 6.08 Å². The molecule has 0 saturated carbocycles. The van der Waals surface area contributed by atoms with Gasteiger partial charge in [-0.2, -0.15) is 0 Å². The minimum atomic E-state index is -0.678. The lowest BCUT2D eigenvalue weighted by Crippen LogP contribution is -1.92. The minimum Gasteiger partial charge on any atom is -0.431 e. The second-order valence-corrected chi connectivity index (χ2v) is 3.76. The maximum atomic E-state index is 9.28. The monoisotopic (exact) mass is 207 g/mol. The van der Waals surface area contributed by atoms with E-state index in [4.69, 9.17) is 4.42 Å². The Labute approximate surface area is 85.4 Å². The number of aliphatic hydroxyl groups excluding tert-OH is 1. The summed E-state index contributed by atoms with van der Waals surface area (Å²) >= 11 is 1.13. The van der Waals surface area contributed by atoms with Crippen molar-refractivity contribution < 1.29 is 9.52 Å². The summed E-state index contributed by atoms with van der Waals surface area (Å²) in [4.78, 5) is 4.19. The first-order chi connectivity index (χ1) is 6.79. The standard InChI is InChI=1S/C10H9NO2S/c1-2-9(12)14-10-11-7-5-3-4-6-8(7)13-10/h2-6,9,12H,1H2. The van der Waals surface area contributed by atoms with Crippen molar-refractivity contribution in [3.63, 3.8) is 0 Å². The zero-order chi connectivity index (χ0) is 9.97. The normalized spacial score (nSPS) is 12.9. The number of rotatable bonds is 3. The molecule has 2 rings (SSSR count). The van der Waals surface area contributed by atoms with Gasteiger partial charge in [0.15, 0.2) is 5.58 Å².